The van der Waals surface area contributed by atoms with E-state index in [9.17, 15) is 4.79 Å². The van der Waals surface area contributed by atoms with E-state index < -0.39 is 0 Å². The number of nitrogens with zero attached hydrogens (tertiary/aromatic N) is 1. The predicted octanol–water partition coefficient (Wildman–Crippen LogP) is 3.64. The van der Waals surface area contributed by atoms with Crippen LogP contribution in [0.25, 0.3) is 0 Å². The molecule has 0 bridgehead atoms. The van der Waals surface area contributed by atoms with Gasteiger partial charge in [0.05, 0.1) is 22.9 Å². The summed E-state index contributed by atoms with van der Waals surface area (Å²) in [5.74, 6) is 0.513. The number of para-hydroxylation sites is 1. The van der Waals surface area contributed by atoms with E-state index in [1.54, 1.807) is 12.3 Å². The number of anilines is 1. The monoisotopic (exact) mass is 288 g/mol. The van der Waals surface area contributed by atoms with Gasteiger partial charge in [0, 0.05) is 0 Å². The lowest BCUT2D eigenvalue weighted by atomic mass is 9.96. The Morgan fingerprint density at radius 1 is 1.40 bits per heavy atom. The molecule has 0 atom stereocenters. The number of rotatable bonds is 4. The van der Waals surface area contributed by atoms with Gasteiger partial charge < -0.3 is 10.1 Å². The van der Waals surface area contributed by atoms with E-state index in [4.69, 9.17) is 4.74 Å². The van der Waals surface area contributed by atoms with E-state index in [0.29, 0.717) is 11.3 Å². The molecular weight excluding hydrogens is 272 g/mol. The zero-order valence-corrected chi connectivity index (χ0v) is 12.1. The first kappa shape index (κ1) is 13.1. The molecule has 1 N–H and O–H groups in total. The third kappa shape index (κ3) is 2.82. The summed E-state index contributed by atoms with van der Waals surface area (Å²) in [7, 11) is 0. The maximum absolute atomic E-state index is 12.3. The van der Waals surface area contributed by atoms with E-state index in [0.717, 1.165) is 22.9 Å². The molecule has 0 aliphatic heterocycles. The molecule has 5 heteroatoms. The second-order valence-corrected chi connectivity index (χ2v) is 6.10. The second-order valence-electron chi connectivity index (χ2n) is 4.86. The van der Waals surface area contributed by atoms with Crippen LogP contribution >= 0.6 is 11.3 Å². The molecular formula is C15H16N2O2S. The number of hydrogen-bond acceptors (Lipinski definition) is 4. The van der Waals surface area contributed by atoms with Gasteiger partial charge in [-0.2, -0.15) is 0 Å². The van der Waals surface area contributed by atoms with Crippen LogP contribution in [0.3, 0.4) is 0 Å². The maximum atomic E-state index is 12.3. The highest BCUT2D eigenvalue weighted by Gasteiger charge is 2.22. The van der Waals surface area contributed by atoms with Gasteiger partial charge in [-0.15, -0.1) is 11.3 Å². The summed E-state index contributed by atoms with van der Waals surface area (Å²) in [6, 6.07) is 7.38. The lowest BCUT2D eigenvalue weighted by molar-refractivity contribution is 0.0992. The van der Waals surface area contributed by atoms with Crippen LogP contribution in [-0.2, 0) is 0 Å². The topological polar surface area (TPSA) is 51.2 Å². The molecule has 1 heterocycles. The SMILES string of the molecule is Cc1ncc(NC(=O)c2ccccc2OC2CCC2)s1. The molecule has 1 aromatic carbocycles. The highest BCUT2D eigenvalue weighted by Crippen LogP contribution is 2.28. The summed E-state index contributed by atoms with van der Waals surface area (Å²) in [4.78, 5) is 16.4. The van der Waals surface area contributed by atoms with Crippen molar-refractivity contribution in [3.63, 3.8) is 0 Å². The van der Waals surface area contributed by atoms with Crippen LogP contribution in [0.5, 0.6) is 5.75 Å². The maximum Gasteiger partial charge on any atom is 0.260 e. The fourth-order valence-corrected chi connectivity index (χ4v) is 2.70. The van der Waals surface area contributed by atoms with Crippen LogP contribution < -0.4 is 10.1 Å². The summed E-state index contributed by atoms with van der Waals surface area (Å²) in [6.45, 7) is 1.91. The molecule has 104 valence electrons. The van der Waals surface area contributed by atoms with Gasteiger partial charge in [-0.25, -0.2) is 4.98 Å². The van der Waals surface area contributed by atoms with Gasteiger partial charge in [-0.05, 0) is 38.3 Å². The van der Waals surface area contributed by atoms with Gasteiger partial charge in [-0.3, -0.25) is 4.79 Å². The summed E-state index contributed by atoms with van der Waals surface area (Å²) in [5.41, 5.74) is 0.574. The van der Waals surface area contributed by atoms with Gasteiger partial charge >= 0.3 is 0 Å². The first-order valence-electron chi connectivity index (χ1n) is 6.72. The number of hydrogen-bond donors (Lipinski definition) is 1. The molecule has 20 heavy (non-hydrogen) atoms. The van der Waals surface area contributed by atoms with Crippen molar-refractivity contribution < 1.29 is 9.53 Å². The Hall–Kier alpha value is -1.88. The largest absolute Gasteiger partial charge is 0.490 e. The number of thiazole rings is 1. The van der Waals surface area contributed by atoms with Crippen molar-refractivity contribution in [1.82, 2.24) is 4.98 Å². The van der Waals surface area contributed by atoms with Crippen LogP contribution in [0.15, 0.2) is 30.5 Å². The Kier molecular flexibility index (Phi) is 3.69. The standard InChI is InChI=1S/C15H16N2O2S/c1-10-16-9-14(20-10)17-15(18)12-7-2-3-8-13(12)19-11-5-4-6-11/h2-3,7-9,11H,4-6H2,1H3,(H,17,18). The Bertz CT molecular complexity index is 620. The van der Waals surface area contributed by atoms with Crippen molar-refractivity contribution in [2.75, 3.05) is 5.32 Å². The Labute approximate surface area is 121 Å². The van der Waals surface area contributed by atoms with Crippen LogP contribution in [0, 0.1) is 6.92 Å². The lowest BCUT2D eigenvalue weighted by Crippen LogP contribution is -2.26. The highest BCUT2D eigenvalue weighted by molar-refractivity contribution is 7.15. The minimum absolute atomic E-state index is 0.149. The zero-order valence-electron chi connectivity index (χ0n) is 11.3. The molecule has 0 radical (unpaired) electrons. The van der Waals surface area contributed by atoms with E-state index in [2.05, 4.69) is 10.3 Å². The highest BCUT2D eigenvalue weighted by atomic mass is 32.1. The average Bonchev–Trinajstić information content (AvgIpc) is 2.80. The Morgan fingerprint density at radius 2 is 2.20 bits per heavy atom. The molecule has 1 saturated carbocycles. The number of carbonyl (C=O) groups is 1. The number of nitrogens with one attached hydrogen (secondary N) is 1. The third-order valence-corrected chi connectivity index (χ3v) is 4.16. The number of ether oxygens (including phenoxy) is 1. The fraction of sp³-hybridized carbons (Fsp3) is 0.333. The normalized spacial score (nSPS) is 14.7. The van der Waals surface area contributed by atoms with Crippen LogP contribution in [0.2, 0.25) is 0 Å². The third-order valence-electron chi connectivity index (χ3n) is 3.34. The van der Waals surface area contributed by atoms with Gasteiger partial charge in [0.2, 0.25) is 0 Å². The molecule has 2 aromatic rings. The number of benzene rings is 1. The molecule has 3 rings (SSSR count). The molecule has 1 aliphatic rings. The number of aryl methyl sites for hydroxylation is 1. The van der Waals surface area contributed by atoms with Crippen molar-refractivity contribution in [3.8, 4) is 5.75 Å². The number of carbonyl (C=O) groups excluding carboxylic acids is 1. The van der Waals surface area contributed by atoms with Gasteiger partial charge in [0.25, 0.3) is 5.91 Å². The van der Waals surface area contributed by atoms with Gasteiger partial charge in [-0.1, -0.05) is 12.1 Å². The van der Waals surface area contributed by atoms with Crippen molar-refractivity contribution in [3.05, 3.63) is 41.0 Å². The van der Waals surface area contributed by atoms with Crippen molar-refractivity contribution in [2.24, 2.45) is 0 Å². The quantitative estimate of drug-likeness (QED) is 0.934. The van der Waals surface area contributed by atoms with Gasteiger partial charge in [0.1, 0.15) is 10.8 Å². The smallest absolute Gasteiger partial charge is 0.260 e. The molecule has 1 fully saturated rings. The fourth-order valence-electron chi connectivity index (χ4n) is 2.02. The number of aromatic nitrogens is 1. The van der Waals surface area contributed by atoms with E-state index in [-0.39, 0.29) is 12.0 Å². The van der Waals surface area contributed by atoms with E-state index in [1.165, 1.54) is 17.8 Å². The molecule has 4 nitrogen and oxygen atoms in total. The summed E-state index contributed by atoms with van der Waals surface area (Å²) in [5, 5.41) is 4.55. The molecule has 0 spiro atoms. The summed E-state index contributed by atoms with van der Waals surface area (Å²) >= 11 is 1.46. The minimum atomic E-state index is -0.149. The average molecular weight is 288 g/mol. The van der Waals surface area contributed by atoms with Crippen LogP contribution in [0.4, 0.5) is 5.00 Å². The molecule has 0 unspecified atom stereocenters. The first-order valence-corrected chi connectivity index (χ1v) is 7.53. The Morgan fingerprint density at radius 3 is 2.85 bits per heavy atom. The first-order chi connectivity index (χ1) is 9.72. The van der Waals surface area contributed by atoms with Crippen molar-refractivity contribution in [1.29, 1.82) is 0 Å². The second kappa shape index (κ2) is 5.63. The van der Waals surface area contributed by atoms with Crippen molar-refractivity contribution in [2.45, 2.75) is 32.3 Å². The zero-order chi connectivity index (χ0) is 13.9. The van der Waals surface area contributed by atoms with E-state index >= 15 is 0 Å². The van der Waals surface area contributed by atoms with E-state index in [1.807, 2.05) is 25.1 Å². The number of amides is 1. The van der Waals surface area contributed by atoms with Gasteiger partial charge in [0.15, 0.2) is 0 Å². The van der Waals surface area contributed by atoms with Crippen LogP contribution in [-0.4, -0.2) is 17.0 Å². The molecule has 0 saturated heterocycles. The lowest BCUT2D eigenvalue weighted by Gasteiger charge is -2.27. The summed E-state index contributed by atoms with van der Waals surface area (Å²) < 4.78 is 5.87. The predicted molar refractivity (Wildman–Crippen MR) is 79.5 cm³/mol. The molecule has 1 aromatic heterocycles. The molecule has 1 amide bonds. The van der Waals surface area contributed by atoms with Crippen LogP contribution in [0.1, 0.15) is 34.6 Å². The molecule has 1 aliphatic carbocycles. The minimum Gasteiger partial charge on any atom is -0.490 e. The Balaban J connectivity index is 1.76. The van der Waals surface area contributed by atoms with Crippen molar-refractivity contribution >= 4 is 22.2 Å². The summed E-state index contributed by atoms with van der Waals surface area (Å²) in [6.07, 6.45) is 5.29.